The number of anilines is 1. The first kappa shape index (κ1) is 12.2. The number of hydrogen-bond acceptors (Lipinski definition) is 5. The largest absolute Gasteiger partial charge is 0.399 e. The molecule has 1 aliphatic rings. The number of nitrogens with two attached hydrogens (primary N) is 1. The van der Waals surface area contributed by atoms with Crippen molar-refractivity contribution in [2.75, 3.05) is 12.3 Å². The van der Waals surface area contributed by atoms with Gasteiger partial charge in [0, 0.05) is 18.7 Å². The molecule has 1 aromatic heterocycles. The maximum atomic E-state index is 5.74. The maximum Gasteiger partial charge on any atom is 0.231 e. The highest BCUT2D eigenvalue weighted by atomic mass is 16.5. The summed E-state index contributed by atoms with van der Waals surface area (Å²) >= 11 is 0. The van der Waals surface area contributed by atoms with Gasteiger partial charge in [-0.15, -0.1) is 0 Å². The van der Waals surface area contributed by atoms with Crippen LogP contribution in [0, 0.1) is 0 Å². The maximum absolute atomic E-state index is 5.74. The summed E-state index contributed by atoms with van der Waals surface area (Å²) in [6, 6.07) is 7.71. The lowest BCUT2D eigenvalue weighted by Crippen LogP contribution is -2.09. The lowest BCUT2D eigenvalue weighted by atomic mass is 10.1. The quantitative estimate of drug-likeness (QED) is 0.850. The SMILES string of the molecule is Nc1cccc(Cc2nc(CC3CCCO3)no2)c1. The Hall–Kier alpha value is -1.88. The highest BCUT2D eigenvalue weighted by Crippen LogP contribution is 2.16. The van der Waals surface area contributed by atoms with Crippen LogP contribution in [0.3, 0.4) is 0 Å². The van der Waals surface area contributed by atoms with E-state index in [4.69, 9.17) is 15.0 Å². The molecule has 1 aliphatic heterocycles. The van der Waals surface area contributed by atoms with Crippen LogP contribution in [0.15, 0.2) is 28.8 Å². The number of nitrogen functional groups attached to an aromatic ring is 1. The molecule has 5 heteroatoms. The molecule has 0 saturated carbocycles. The molecular formula is C14H17N3O2. The second-order valence-electron chi connectivity index (χ2n) is 4.87. The fraction of sp³-hybridized carbons (Fsp3) is 0.429. The molecule has 3 rings (SSSR count). The number of benzene rings is 1. The van der Waals surface area contributed by atoms with Crippen molar-refractivity contribution in [3.8, 4) is 0 Å². The molecule has 1 atom stereocenters. The van der Waals surface area contributed by atoms with Crippen molar-refractivity contribution in [1.29, 1.82) is 0 Å². The minimum absolute atomic E-state index is 0.248. The molecule has 5 nitrogen and oxygen atoms in total. The van der Waals surface area contributed by atoms with E-state index < -0.39 is 0 Å². The molecule has 2 heterocycles. The van der Waals surface area contributed by atoms with Gasteiger partial charge in [0.25, 0.3) is 0 Å². The number of rotatable bonds is 4. The van der Waals surface area contributed by atoms with E-state index in [1.54, 1.807) is 0 Å². The fourth-order valence-corrected chi connectivity index (χ4v) is 2.33. The van der Waals surface area contributed by atoms with E-state index in [0.717, 1.165) is 42.9 Å². The highest BCUT2D eigenvalue weighted by Gasteiger charge is 2.19. The molecule has 1 unspecified atom stereocenters. The van der Waals surface area contributed by atoms with Gasteiger partial charge in [0.15, 0.2) is 5.82 Å². The van der Waals surface area contributed by atoms with Gasteiger partial charge in [0.05, 0.1) is 12.5 Å². The van der Waals surface area contributed by atoms with Crippen LogP contribution >= 0.6 is 0 Å². The van der Waals surface area contributed by atoms with Crippen LogP contribution in [0.5, 0.6) is 0 Å². The number of hydrogen-bond donors (Lipinski definition) is 1. The minimum Gasteiger partial charge on any atom is -0.399 e. The minimum atomic E-state index is 0.248. The smallest absolute Gasteiger partial charge is 0.231 e. The van der Waals surface area contributed by atoms with Gasteiger partial charge in [-0.2, -0.15) is 4.98 Å². The van der Waals surface area contributed by atoms with E-state index in [9.17, 15) is 0 Å². The van der Waals surface area contributed by atoms with Gasteiger partial charge in [-0.05, 0) is 30.5 Å². The zero-order valence-corrected chi connectivity index (χ0v) is 10.7. The molecular weight excluding hydrogens is 242 g/mol. The normalized spacial score (nSPS) is 18.8. The van der Waals surface area contributed by atoms with Crippen LogP contribution in [-0.2, 0) is 17.6 Å². The first-order chi connectivity index (χ1) is 9.29. The number of ether oxygens (including phenoxy) is 1. The second kappa shape index (κ2) is 5.40. The predicted molar refractivity (Wildman–Crippen MR) is 70.6 cm³/mol. The molecule has 2 N–H and O–H groups in total. The Morgan fingerprint density at radius 1 is 1.37 bits per heavy atom. The Labute approximate surface area is 111 Å². The molecule has 0 amide bonds. The third kappa shape index (κ3) is 3.12. The lowest BCUT2D eigenvalue weighted by molar-refractivity contribution is 0.109. The van der Waals surface area contributed by atoms with Gasteiger partial charge >= 0.3 is 0 Å². The molecule has 0 bridgehead atoms. The van der Waals surface area contributed by atoms with Gasteiger partial charge < -0.3 is 15.0 Å². The Morgan fingerprint density at radius 2 is 2.32 bits per heavy atom. The van der Waals surface area contributed by atoms with Crippen molar-refractivity contribution in [1.82, 2.24) is 10.1 Å². The fourth-order valence-electron chi connectivity index (χ4n) is 2.33. The van der Waals surface area contributed by atoms with E-state index >= 15 is 0 Å². The van der Waals surface area contributed by atoms with E-state index in [-0.39, 0.29) is 6.10 Å². The van der Waals surface area contributed by atoms with Crippen molar-refractivity contribution in [2.24, 2.45) is 0 Å². The summed E-state index contributed by atoms with van der Waals surface area (Å²) in [5.74, 6) is 1.35. The molecule has 0 radical (unpaired) electrons. The number of aromatic nitrogens is 2. The van der Waals surface area contributed by atoms with Gasteiger partial charge in [-0.3, -0.25) is 0 Å². The van der Waals surface area contributed by atoms with E-state index in [0.29, 0.717) is 12.3 Å². The average Bonchev–Trinajstić information content (AvgIpc) is 3.02. The van der Waals surface area contributed by atoms with Crippen LogP contribution in [0.25, 0.3) is 0 Å². The first-order valence-corrected chi connectivity index (χ1v) is 6.57. The number of nitrogens with zero attached hydrogens (tertiary/aromatic N) is 2. The lowest BCUT2D eigenvalue weighted by Gasteiger charge is -2.03. The summed E-state index contributed by atoms with van der Waals surface area (Å²) in [6.45, 7) is 0.846. The summed E-state index contributed by atoms with van der Waals surface area (Å²) in [5.41, 5.74) is 7.57. The Kier molecular flexibility index (Phi) is 3.46. The average molecular weight is 259 g/mol. The third-order valence-corrected chi connectivity index (χ3v) is 3.25. The van der Waals surface area contributed by atoms with Gasteiger partial charge in [0.2, 0.25) is 5.89 Å². The molecule has 0 aliphatic carbocycles. The Balaban J connectivity index is 1.64. The second-order valence-corrected chi connectivity index (χ2v) is 4.87. The van der Waals surface area contributed by atoms with Crippen LogP contribution < -0.4 is 5.73 Å². The molecule has 100 valence electrons. The molecule has 1 saturated heterocycles. The predicted octanol–water partition coefficient (Wildman–Crippen LogP) is 1.96. The van der Waals surface area contributed by atoms with E-state index in [1.165, 1.54) is 0 Å². The van der Waals surface area contributed by atoms with Crippen molar-refractivity contribution in [3.05, 3.63) is 41.5 Å². The van der Waals surface area contributed by atoms with Crippen LogP contribution in [0.4, 0.5) is 5.69 Å². The van der Waals surface area contributed by atoms with Gasteiger partial charge in [0.1, 0.15) is 0 Å². The third-order valence-electron chi connectivity index (χ3n) is 3.25. The summed E-state index contributed by atoms with van der Waals surface area (Å²) < 4.78 is 10.8. The van der Waals surface area contributed by atoms with Crippen LogP contribution in [0.1, 0.15) is 30.1 Å². The molecule has 1 aromatic carbocycles. The Morgan fingerprint density at radius 3 is 3.11 bits per heavy atom. The molecule has 1 fully saturated rings. The monoisotopic (exact) mass is 259 g/mol. The van der Waals surface area contributed by atoms with E-state index in [2.05, 4.69) is 10.1 Å². The molecule has 2 aromatic rings. The standard InChI is InChI=1S/C14H17N3O2/c15-11-4-1-3-10(7-11)8-14-16-13(17-19-14)9-12-5-2-6-18-12/h1,3-4,7,12H,2,5-6,8-9,15H2. The Bertz CT molecular complexity index is 547. The van der Waals surface area contributed by atoms with Crippen molar-refractivity contribution in [2.45, 2.75) is 31.8 Å². The first-order valence-electron chi connectivity index (χ1n) is 6.57. The van der Waals surface area contributed by atoms with E-state index in [1.807, 2.05) is 24.3 Å². The van der Waals surface area contributed by atoms with Crippen molar-refractivity contribution >= 4 is 5.69 Å². The summed E-state index contributed by atoms with van der Waals surface area (Å²) in [6.07, 6.45) is 3.81. The van der Waals surface area contributed by atoms with Crippen LogP contribution in [0.2, 0.25) is 0 Å². The summed E-state index contributed by atoms with van der Waals surface area (Å²) in [7, 11) is 0. The molecule has 0 spiro atoms. The summed E-state index contributed by atoms with van der Waals surface area (Å²) in [5, 5.41) is 4.00. The zero-order valence-electron chi connectivity index (χ0n) is 10.7. The zero-order chi connectivity index (χ0) is 13.1. The summed E-state index contributed by atoms with van der Waals surface area (Å²) in [4.78, 5) is 4.40. The highest BCUT2D eigenvalue weighted by molar-refractivity contribution is 5.41. The topological polar surface area (TPSA) is 74.2 Å². The van der Waals surface area contributed by atoms with Crippen molar-refractivity contribution in [3.63, 3.8) is 0 Å². The van der Waals surface area contributed by atoms with Gasteiger partial charge in [-0.25, -0.2) is 0 Å². The molecule has 19 heavy (non-hydrogen) atoms. The van der Waals surface area contributed by atoms with Crippen molar-refractivity contribution < 1.29 is 9.26 Å². The van der Waals surface area contributed by atoms with Crippen LogP contribution in [-0.4, -0.2) is 22.9 Å². The van der Waals surface area contributed by atoms with Gasteiger partial charge in [-0.1, -0.05) is 17.3 Å².